The highest BCUT2D eigenvalue weighted by Gasteiger charge is 1.92. The summed E-state index contributed by atoms with van der Waals surface area (Å²) in [6.45, 7) is 0.814. The van der Waals surface area contributed by atoms with Gasteiger partial charge < -0.3 is 5.11 Å². The molecule has 0 aliphatic rings. The molecule has 0 aliphatic carbocycles. The van der Waals surface area contributed by atoms with Crippen LogP contribution in [0.1, 0.15) is 64.2 Å². The molecule has 0 bridgehead atoms. The van der Waals surface area contributed by atoms with Crippen LogP contribution in [0.15, 0.2) is 0 Å². The van der Waals surface area contributed by atoms with E-state index in [0.717, 1.165) is 19.3 Å². The molecule has 0 saturated heterocycles. The molecule has 92 valence electrons. The first kappa shape index (κ1) is 14.9. The van der Waals surface area contributed by atoms with Crippen molar-refractivity contribution in [2.45, 2.75) is 64.2 Å². The molecule has 15 heavy (non-hydrogen) atoms. The minimum absolute atomic E-state index is 0.340. The zero-order valence-electron chi connectivity index (χ0n) is 9.79. The SMILES string of the molecule is OCCCCCCCCCCCCOO. The van der Waals surface area contributed by atoms with Gasteiger partial charge in [-0.25, -0.2) is 4.89 Å². The van der Waals surface area contributed by atoms with Crippen molar-refractivity contribution in [1.29, 1.82) is 0 Å². The van der Waals surface area contributed by atoms with E-state index >= 15 is 0 Å². The predicted octanol–water partition coefficient (Wildman–Crippen LogP) is 3.37. The third kappa shape index (κ3) is 13.9. The zero-order chi connectivity index (χ0) is 11.2. The zero-order valence-corrected chi connectivity index (χ0v) is 9.79. The summed E-state index contributed by atoms with van der Waals surface area (Å²) in [7, 11) is 0. The molecule has 0 unspecified atom stereocenters. The number of hydrogen-bond acceptors (Lipinski definition) is 3. The molecule has 0 atom stereocenters. The van der Waals surface area contributed by atoms with E-state index in [9.17, 15) is 0 Å². The van der Waals surface area contributed by atoms with Crippen molar-refractivity contribution < 1.29 is 15.3 Å². The van der Waals surface area contributed by atoms with Gasteiger partial charge >= 0.3 is 0 Å². The molecule has 0 aromatic carbocycles. The van der Waals surface area contributed by atoms with E-state index in [0.29, 0.717) is 13.2 Å². The van der Waals surface area contributed by atoms with Crippen LogP contribution in [0, 0.1) is 0 Å². The van der Waals surface area contributed by atoms with Crippen molar-refractivity contribution in [3.8, 4) is 0 Å². The lowest BCUT2D eigenvalue weighted by atomic mass is 10.1. The summed E-state index contributed by atoms with van der Waals surface area (Å²) >= 11 is 0. The Morgan fingerprint density at radius 1 is 0.600 bits per heavy atom. The average Bonchev–Trinajstić information content (AvgIpc) is 2.26. The Morgan fingerprint density at radius 2 is 1.00 bits per heavy atom. The number of aliphatic hydroxyl groups is 1. The molecule has 0 amide bonds. The van der Waals surface area contributed by atoms with Gasteiger partial charge in [-0.2, -0.15) is 0 Å². The number of unbranched alkanes of at least 4 members (excludes halogenated alkanes) is 9. The summed E-state index contributed by atoms with van der Waals surface area (Å²) < 4.78 is 0. The molecule has 0 aliphatic heterocycles. The molecule has 0 fully saturated rings. The normalized spacial score (nSPS) is 10.8. The van der Waals surface area contributed by atoms with E-state index in [4.69, 9.17) is 10.4 Å². The summed E-state index contributed by atoms with van der Waals surface area (Å²) in [5.41, 5.74) is 0. The maximum absolute atomic E-state index is 8.58. The third-order valence-corrected chi connectivity index (χ3v) is 2.64. The fraction of sp³-hybridized carbons (Fsp3) is 1.00. The van der Waals surface area contributed by atoms with E-state index in [2.05, 4.69) is 4.89 Å². The summed E-state index contributed by atoms with van der Waals surface area (Å²) in [5.74, 6) is 0. The van der Waals surface area contributed by atoms with E-state index in [1.165, 1.54) is 44.9 Å². The van der Waals surface area contributed by atoms with Gasteiger partial charge in [0.1, 0.15) is 0 Å². The summed E-state index contributed by atoms with van der Waals surface area (Å²) in [4.78, 5) is 4.00. The molecule has 0 radical (unpaired) electrons. The lowest BCUT2D eigenvalue weighted by Gasteiger charge is -2.01. The quantitative estimate of drug-likeness (QED) is 0.300. The first-order valence-corrected chi connectivity index (χ1v) is 6.29. The van der Waals surface area contributed by atoms with Gasteiger partial charge in [-0.3, -0.25) is 5.26 Å². The smallest absolute Gasteiger partial charge is 0.0819 e. The van der Waals surface area contributed by atoms with Gasteiger partial charge in [-0.1, -0.05) is 51.4 Å². The van der Waals surface area contributed by atoms with Crippen LogP contribution in [-0.2, 0) is 4.89 Å². The molecular formula is C12H26O3. The summed E-state index contributed by atoms with van der Waals surface area (Å²) in [5, 5.41) is 16.7. The highest BCUT2D eigenvalue weighted by molar-refractivity contribution is 4.47. The summed E-state index contributed by atoms with van der Waals surface area (Å²) in [6, 6.07) is 0. The topological polar surface area (TPSA) is 49.7 Å². The second kappa shape index (κ2) is 13.9. The van der Waals surface area contributed by atoms with Gasteiger partial charge in [0, 0.05) is 6.61 Å². The largest absolute Gasteiger partial charge is 0.396 e. The highest BCUT2D eigenvalue weighted by atomic mass is 17.1. The van der Waals surface area contributed by atoms with Crippen molar-refractivity contribution in [2.75, 3.05) is 13.2 Å². The Kier molecular flexibility index (Phi) is 13.8. The number of hydrogen-bond donors (Lipinski definition) is 2. The minimum atomic E-state index is 0.340. The van der Waals surface area contributed by atoms with Crippen LogP contribution in [0.4, 0.5) is 0 Å². The Labute approximate surface area is 93.4 Å². The first-order chi connectivity index (χ1) is 7.41. The lowest BCUT2D eigenvalue weighted by molar-refractivity contribution is -0.242. The van der Waals surface area contributed by atoms with E-state index < -0.39 is 0 Å². The van der Waals surface area contributed by atoms with Gasteiger partial charge in [0.25, 0.3) is 0 Å². The third-order valence-electron chi connectivity index (χ3n) is 2.64. The fourth-order valence-electron chi connectivity index (χ4n) is 1.69. The standard InChI is InChI=1S/C12H26O3/c13-11-9-7-5-3-1-2-4-6-8-10-12-15-14/h13-14H,1-12H2. The number of rotatable bonds is 12. The Bertz CT molecular complexity index is 95.0. The Morgan fingerprint density at radius 3 is 1.40 bits per heavy atom. The van der Waals surface area contributed by atoms with Gasteiger partial charge in [0.2, 0.25) is 0 Å². The second-order valence-electron chi connectivity index (χ2n) is 4.09. The molecule has 0 aromatic rings. The molecule has 3 heteroatoms. The van der Waals surface area contributed by atoms with Crippen LogP contribution in [0.3, 0.4) is 0 Å². The highest BCUT2D eigenvalue weighted by Crippen LogP contribution is 2.10. The van der Waals surface area contributed by atoms with Crippen LogP contribution < -0.4 is 0 Å². The minimum Gasteiger partial charge on any atom is -0.396 e. The second-order valence-corrected chi connectivity index (χ2v) is 4.09. The Hall–Kier alpha value is -0.120. The van der Waals surface area contributed by atoms with E-state index in [1.54, 1.807) is 0 Å². The van der Waals surface area contributed by atoms with Crippen molar-refractivity contribution in [1.82, 2.24) is 0 Å². The molecule has 3 nitrogen and oxygen atoms in total. The fourth-order valence-corrected chi connectivity index (χ4v) is 1.69. The van der Waals surface area contributed by atoms with E-state index in [-0.39, 0.29) is 0 Å². The maximum Gasteiger partial charge on any atom is 0.0819 e. The van der Waals surface area contributed by atoms with Crippen LogP contribution in [0.2, 0.25) is 0 Å². The molecule has 0 saturated carbocycles. The van der Waals surface area contributed by atoms with Gasteiger partial charge in [-0.05, 0) is 12.8 Å². The van der Waals surface area contributed by atoms with Crippen molar-refractivity contribution >= 4 is 0 Å². The predicted molar refractivity (Wildman–Crippen MR) is 61.8 cm³/mol. The molecular weight excluding hydrogens is 192 g/mol. The van der Waals surface area contributed by atoms with Gasteiger partial charge in [0.05, 0.1) is 6.61 Å². The molecule has 0 heterocycles. The molecule has 0 rings (SSSR count). The first-order valence-electron chi connectivity index (χ1n) is 6.29. The van der Waals surface area contributed by atoms with Crippen molar-refractivity contribution in [3.05, 3.63) is 0 Å². The molecule has 0 spiro atoms. The number of aliphatic hydroxyl groups excluding tert-OH is 1. The Balaban J connectivity index is 2.81. The van der Waals surface area contributed by atoms with Crippen molar-refractivity contribution in [3.63, 3.8) is 0 Å². The molecule has 0 aromatic heterocycles. The van der Waals surface area contributed by atoms with Crippen LogP contribution in [0.5, 0.6) is 0 Å². The monoisotopic (exact) mass is 218 g/mol. The van der Waals surface area contributed by atoms with Crippen LogP contribution in [-0.4, -0.2) is 23.6 Å². The van der Waals surface area contributed by atoms with Crippen LogP contribution >= 0.6 is 0 Å². The maximum atomic E-state index is 8.58. The van der Waals surface area contributed by atoms with Gasteiger partial charge in [0.15, 0.2) is 0 Å². The summed E-state index contributed by atoms with van der Waals surface area (Å²) in [6.07, 6.45) is 12.0. The molecule has 2 N–H and O–H groups in total. The van der Waals surface area contributed by atoms with Crippen LogP contribution in [0.25, 0.3) is 0 Å². The van der Waals surface area contributed by atoms with Gasteiger partial charge in [-0.15, -0.1) is 0 Å². The lowest BCUT2D eigenvalue weighted by Crippen LogP contribution is -1.89. The average molecular weight is 218 g/mol. The van der Waals surface area contributed by atoms with Crippen molar-refractivity contribution in [2.24, 2.45) is 0 Å². The van der Waals surface area contributed by atoms with E-state index in [1.807, 2.05) is 0 Å².